The Balaban J connectivity index is 1.51. The highest BCUT2D eigenvalue weighted by Crippen LogP contribution is 2.18. The fourth-order valence-corrected chi connectivity index (χ4v) is 3.90. The molecule has 1 saturated heterocycles. The molecule has 6 heteroatoms. The molecule has 1 fully saturated rings. The highest BCUT2D eigenvalue weighted by Gasteiger charge is 2.25. The number of nitrogens with one attached hydrogen (secondary N) is 1. The first-order valence-corrected chi connectivity index (χ1v) is 9.63. The number of amides is 2. The third-order valence-electron chi connectivity index (χ3n) is 4.59. The van der Waals surface area contributed by atoms with Gasteiger partial charge in [-0.25, -0.2) is 0 Å². The summed E-state index contributed by atoms with van der Waals surface area (Å²) >= 11 is 1.51. The van der Waals surface area contributed by atoms with Crippen LogP contribution in [-0.4, -0.2) is 43.0 Å². The molecule has 1 aliphatic rings. The van der Waals surface area contributed by atoms with Gasteiger partial charge in [0.1, 0.15) is 0 Å². The Labute approximate surface area is 158 Å². The number of rotatable bonds is 5. The number of methoxy groups -OCH3 is 1. The highest BCUT2D eigenvalue weighted by atomic mass is 32.1. The predicted molar refractivity (Wildman–Crippen MR) is 103 cm³/mol. The largest absolute Gasteiger partial charge is 0.380 e. The maximum absolute atomic E-state index is 12.6. The van der Waals surface area contributed by atoms with E-state index >= 15 is 0 Å². The molecule has 5 nitrogen and oxygen atoms in total. The van der Waals surface area contributed by atoms with Crippen molar-refractivity contribution >= 4 is 23.2 Å². The molecule has 2 aromatic rings. The van der Waals surface area contributed by atoms with Crippen molar-refractivity contribution in [2.24, 2.45) is 0 Å². The number of nitrogens with zero attached hydrogens (tertiary/aromatic N) is 1. The van der Waals surface area contributed by atoms with Gasteiger partial charge in [0.2, 0.25) is 0 Å². The number of carbonyl (C=O) groups excluding carboxylic acids is 2. The SMILES string of the molecule is COCc1ccc(C(=O)N2CCC(NC(=O)c3ccc(C)s3)CC2)cc1. The van der Waals surface area contributed by atoms with Crippen LogP contribution in [0.2, 0.25) is 0 Å². The van der Waals surface area contributed by atoms with Crippen molar-refractivity contribution in [1.82, 2.24) is 10.2 Å². The number of benzene rings is 1. The van der Waals surface area contributed by atoms with Gasteiger partial charge in [-0.2, -0.15) is 0 Å². The molecule has 0 saturated carbocycles. The zero-order valence-electron chi connectivity index (χ0n) is 15.2. The summed E-state index contributed by atoms with van der Waals surface area (Å²) in [7, 11) is 1.65. The van der Waals surface area contributed by atoms with E-state index in [1.165, 1.54) is 11.3 Å². The van der Waals surface area contributed by atoms with Crippen molar-refractivity contribution in [3.8, 4) is 0 Å². The molecule has 1 aromatic carbocycles. The zero-order valence-corrected chi connectivity index (χ0v) is 16.0. The van der Waals surface area contributed by atoms with Gasteiger partial charge in [-0.3, -0.25) is 9.59 Å². The molecule has 0 aliphatic carbocycles. The van der Waals surface area contributed by atoms with Crippen LogP contribution in [0.3, 0.4) is 0 Å². The van der Waals surface area contributed by atoms with Gasteiger partial charge >= 0.3 is 0 Å². The van der Waals surface area contributed by atoms with Crippen molar-refractivity contribution < 1.29 is 14.3 Å². The normalized spacial score (nSPS) is 15.1. The summed E-state index contributed by atoms with van der Waals surface area (Å²) in [6.45, 7) is 3.86. The summed E-state index contributed by atoms with van der Waals surface area (Å²) in [5.41, 5.74) is 1.75. The second kappa shape index (κ2) is 8.47. The summed E-state index contributed by atoms with van der Waals surface area (Å²) in [6, 6.07) is 11.5. The monoisotopic (exact) mass is 372 g/mol. The standard InChI is InChI=1S/C20H24N2O3S/c1-14-3-8-18(26-14)19(23)21-17-9-11-22(12-10-17)20(24)16-6-4-15(5-7-16)13-25-2/h3-8,17H,9-13H2,1-2H3,(H,21,23). The van der Waals surface area contributed by atoms with E-state index in [0.717, 1.165) is 28.2 Å². The van der Waals surface area contributed by atoms with Crippen LogP contribution in [0.25, 0.3) is 0 Å². The maximum atomic E-state index is 12.6. The lowest BCUT2D eigenvalue weighted by Crippen LogP contribution is -2.46. The van der Waals surface area contributed by atoms with E-state index in [1.54, 1.807) is 7.11 Å². The van der Waals surface area contributed by atoms with Gasteiger partial charge in [0.05, 0.1) is 11.5 Å². The summed E-state index contributed by atoms with van der Waals surface area (Å²) in [5, 5.41) is 3.09. The van der Waals surface area contributed by atoms with E-state index < -0.39 is 0 Å². The molecule has 0 unspecified atom stereocenters. The Hall–Kier alpha value is -2.18. The number of piperidine rings is 1. The third-order valence-corrected chi connectivity index (χ3v) is 5.59. The average molecular weight is 372 g/mol. The summed E-state index contributed by atoms with van der Waals surface area (Å²) in [5.74, 6) is 0.0363. The lowest BCUT2D eigenvalue weighted by molar-refractivity contribution is 0.0698. The van der Waals surface area contributed by atoms with Crippen molar-refractivity contribution in [2.45, 2.75) is 32.4 Å². The first-order valence-electron chi connectivity index (χ1n) is 8.81. The lowest BCUT2D eigenvalue weighted by atomic mass is 10.0. The Morgan fingerprint density at radius 2 is 1.85 bits per heavy atom. The Morgan fingerprint density at radius 3 is 2.42 bits per heavy atom. The molecule has 138 valence electrons. The number of aryl methyl sites for hydroxylation is 1. The molecule has 26 heavy (non-hydrogen) atoms. The number of carbonyl (C=O) groups is 2. The Kier molecular flexibility index (Phi) is 6.06. The quantitative estimate of drug-likeness (QED) is 0.877. The van der Waals surface area contributed by atoms with Crippen LogP contribution in [0.5, 0.6) is 0 Å². The van der Waals surface area contributed by atoms with Gasteiger partial charge in [0.15, 0.2) is 0 Å². The Bertz CT molecular complexity index is 762. The van der Waals surface area contributed by atoms with E-state index in [-0.39, 0.29) is 17.9 Å². The lowest BCUT2D eigenvalue weighted by Gasteiger charge is -2.32. The van der Waals surface area contributed by atoms with Crippen LogP contribution in [0.15, 0.2) is 36.4 Å². The molecule has 3 rings (SSSR count). The van der Waals surface area contributed by atoms with Gasteiger partial charge in [-0.15, -0.1) is 11.3 Å². The second-order valence-electron chi connectivity index (χ2n) is 6.58. The smallest absolute Gasteiger partial charge is 0.261 e. The van der Waals surface area contributed by atoms with Crippen LogP contribution in [0.1, 0.15) is 43.3 Å². The molecule has 2 heterocycles. The van der Waals surface area contributed by atoms with Crippen LogP contribution in [0, 0.1) is 6.92 Å². The molecule has 0 bridgehead atoms. The maximum Gasteiger partial charge on any atom is 0.261 e. The molecule has 1 aromatic heterocycles. The van der Waals surface area contributed by atoms with E-state index in [1.807, 2.05) is 48.2 Å². The van der Waals surface area contributed by atoms with Gasteiger partial charge < -0.3 is 15.0 Å². The summed E-state index contributed by atoms with van der Waals surface area (Å²) < 4.78 is 5.09. The number of hydrogen-bond donors (Lipinski definition) is 1. The minimum Gasteiger partial charge on any atom is -0.380 e. The molecule has 0 atom stereocenters. The zero-order chi connectivity index (χ0) is 18.5. The molecule has 2 amide bonds. The van der Waals surface area contributed by atoms with Crippen molar-refractivity contribution in [3.05, 3.63) is 57.3 Å². The fourth-order valence-electron chi connectivity index (χ4n) is 3.13. The van der Waals surface area contributed by atoms with Crippen molar-refractivity contribution in [1.29, 1.82) is 0 Å². The van der Waals surface area contributed by atoms with E-state index in [0.29, 0.717) is 25.3 Å². The minimum atomic E-state index is -0.0124. The van der Waals surface area contributed by atoms with E-state index in [9.17, 15) is 9.59 Å². The topological polar surface area (TPSA) is 58.6 Å². The number of thiophene rings is 1. The van der Waals surface area contributed by atoms with Crippen LogP contribution < -0.4 is 5.32 Å². The van der Waals surface area contributed by atoms with Gasteiger partial charge in [0, 0.05) is 36.7 Å². The van der Waals surface area contributed by atoms with Crippen LogP contribution in [-0.2, 0) is 11.3 Å². The Morgan fingerprint density at radius 1 is 1.15 bits per heavy atom. The molecule has 1 aliphatic heterocycles. The molecule has 0 spiro atoms. The van der Waals surface area contributed by atoms with Gasteiger partial charge in [0.25, 0.3) is 11.8 Å². The third kappa shape index (κ3) is 4.51. The fraction of sp³-hybridized carbons (Fsp3) is 0.400. The van der Waals surface area contributed by atoms with Gasteiger partial charge in [-0.05, 0) is 49.6 Å². The first-order chi connectivity index (χ1) is 12.6. The van der Waals surface area contributed by atoms with E-state index in [4.69, 9.17) is 4.74 Å². The molecular weight excluding hydrogens is 348 g/mol. The second-order valence-corrected chi connectivity index (χ2v) is 7.87. The first kappa shape index (κ1) is 18.6. The molecule has 0 radical (unpaired) electrons. The van der Waals surface area contributed by atoms with Crippen molar-refractivity contribution in [2.75, 3.05) is 20.2 Å². The van der Waals surface area contributed by atoms with Crippen molar-refractivity contribution in [3.63, 3.8) is 0 Å². The van der Waals surface area contributed by atoms with Crippen LogP contribution >= 0.6 is 11.3 Å². The van der Waals surface area contributed by atoms with Gasteiger partial charge in [-0.1, -0.05) is 12.1 Å². The van der Waals surface area contributed by atoms with Crippen LogP contribution in [0.4, 0.5) is 0 Å². The van der Waals surface area contributed by atoms with E-state index in [2.05, 4.69) is 5.32 Å². The minimum absolute atomic E-state index is 0.0124. The predicted octanol–water partition coefficient (Wildman–Crippen LogP) is 3.24. The number of ether oxygens (including phenoxy) is 1. The highest BCUT2D eigenvalue weighted by molar-refractivity contribution is 7.13. The average Bonchev–Trinajstić information content (AvgIpc) is 3.09. The molecular formula is C20H24N2O3S. The number of hydrogen-bond acceptors (Lipinski definition) is 4. The summed E-state index contributed by atoms with van der Waals surface area (Å²) in [6.07, 6.45) is 1.56. The number of likely N-dealkylation sites (tertiary alicyclic amines) is 1. The molecule has 1 N–H and O–H groups in total. The summed E-state index contributed by atoms with van der Waals surface area (Å²) in [4.78, 5) is 28.6.